The molecule has 1 aromatic rings. The molecule has 2 fully saturated rings. The zero-order chi connectivity index (χ0) is 24.2. The Morgan fingerprint density at radius 2 is 1.74 bits per heavy atom. The van der Waals surface area contributed by atoms with Crippen LogP contribution < -0.4 is 5.32 Å². The molecule has 2 heterocycles. The Morgan fingerprint density at radius 1 is 1.00 bits per heavy atom. The maximum Gasteiger partial charge on any atom is 0.289 e. The fourth-order valence-electron chi connectivity index (χ4n) is 6.06. The summed E-state index contributed by atoms with van der Waals surface area (Å²) in [4.78, 5) is 30.0. The van der Waals surface area contributed by atoms with Crippen LogP contribution in [0.25, 0.3) is 0 Å². The summed E-state index contributed by atoms with van der Waals surface area (Å²) >= 11 is 0. The van der Waals surface area contributed by atoms with E-state index in [0.717, 1.165) is 71.0 Å². The fraction of sp³-hybridized carbons (Fsp3) is 0.517. The third-order valence-corrected chi connectivity index (χ3v) is 8.16. The number of benzene rings is 1. The number of hydrogen-bond donors (Lipinski definition) is 2. The number of amides is 2. The van der Waals surface area contributed by atoms with Gasteiger partial charge in [-0.1, -0.05) is 48.6 Å². The Balaban J connectivity index is 1.10. The first-order valence-electron chi connectivity index (χ1n) is 13.3. The van der Waals surface area contributed by atoms with E-state index in [4.69, 9.17) is 0 Å². The summed E-state index contributed by atoms with van der Waals surface area (Å²) in [6, 6.07) is 10.7. The minimum atomic E-state index is -0.390. The lowest BCUT2D eigenvalue weighted by atomic mass is 9.82. The van der Waals surface area contributed by atoms with E-state index in [1.54, 1.807) is 4.90 Å². The summed E-state index contributed by atoms with van der Waals surface area (Å²) in [5.41, 5.74) is 2.98. The number of rotatable bonds is 6. The van der Waals surface area contributed by atoms with Crippen molar-refractivity contribution in [1.29, 1.82) is 0 Å². The smallest absolute Gasteiger partial charge is 0.289 e. The molecule has 5 rings (SSSR count). The van der Waals surface area contributed by atoms with Crippen LogP contribution in [0, 0.1) is 0 Å². The fourth-order valence-corrected chi connectivity index (χ4v) is 6.06. The van der Waals surface area contributed by atoms with Gasteiger partial charge >= 0.3 is 0 Å². The van der Waals surface area contributed by atoms with Gasteiger partial charge in [-0.15, -0.1) is 0 Å². The number of carbonyl (C=O) groups is 2. The van der Waals surface area contributed by atoms with Gasteiger partial charge in [0.25, 0.3) is 11.8 Å². The highest BCUT2D eigenvalue weighted by atomic mass is 16.3. The predicted octanol–water partition coefficient (Wildman–Crippen LogP) is 4.22. The molecule has 1 aromatic carbocycles. The topological polar surface area (TPSA) is 72.9 Å². The number of carbonyl (C=O) groups excluding carboxylic acids is 2. The van der Waals surface area contributed by atoms with Crippen molar-refractivity contribution in [2.24, 2.45) is 0 Å². The van der Waals surface area contributed by atoms with Crippen LogP contribution in [-0.4, -0.2) is 65.0 Å². The zero-order valence-corrected chi connectivity index (χ0v) is 20.5. The van der Waals surface area contributed by atoms with Crippen LogP contribution in [0.15, 0.2) is 65.5 Å². The van der Waals surface area contributed by atoms with E-state index < -0.39 is 0 Å². The Morgan fingerprint density at radius 3 is 2.43 bits per heavy atom. The van der Waals surface area contributed by atoms with Gasteiger partial charge in [0.05, 0.1) is 12.1 Å². The van der Waals surface area contributed by atoms with E-state index in [9.17, 15) is 14.7 Å². The standard InChI is InChI=1S/C29H37N3O3/c33-27-26(28(34)30-24-13-11-23(12-14-24)22-9-5-2-6-10-22)20-32(29(27)35)25-15-17-31(18-16-25)19-21-7-3-1-4-8-21/h2-3,5-10,23-25,33H,1,4,11-20H2,(H,30,34). The van der Waals surface area contributed by atoms with Crippen molar-refractivity contribution in [2.75, 3.05) is 26.2 Å². The monoisotopic (exact) mass is 475 g/mol. The molecule has 0 bridgehead atoms. The van der Waals surface area contributed by atoms with Crippen LogP contribution in [0.2, 0.25) is 0 Å². The lowest BCUT2D eigenvalue weighted by Gasteiger charge is -2.37. The number of likely N-dealkylation sites (tertiary alicyclic amines) is 1. The summed E-state index contributed by atoms with van der Waals surface area (Å²) in [5, 5.41) is 13.6. The molecule has 0 unspecified atom stereocenters. The maximum atomic E-state index is 13.0. The summed E-state index contributed by atoms with van der Waals surface area (Å²) in [6.45, 7) is 3.02. The second kappa shape index (κ2) is 10.8. The van der Waals surface area contributed by atoms with Crippen LogP contribution in [0.5, 0.6) is 0 Å². The molecule has 2 aliphatic heterocycles. The third-order valence-electron chi connectivity index (χ3n) is 8.16. The molecule has 0 spiro atoms. The number of allylic oxidation sites excluding steroid dienone is 2. The van der Waals surface area contributed by atoms with Gasteiger partial charge in [0.2, 0.25) is 0 Å². The molecule has 4 aliphatic rings. The van der Waals surface area contributed by atoms with Crippen molar-refractivity contribution in [1.82, 2.24) is 15.1 Å². The second-order valence-electron chi connectivity index (χ2n) is 10.5. The van der Waals surface area contributed by atoms with Crippen LogP contribution in [-0.2, 0) is 9.59 Å². The van der Waals surface area contributed by atoms with Crippen molar-refractivity contribution in [3.63, 3.8) is 0 Å². The Bertz CT molecular complexity index is 1010. The molecular formula is C29H37N3O3. The van der Waals surface area contributed by atoms with Crippen LogP contribution in [0.4, 0.5) is 0 Å². The highest BCUT2D eigenvalue weighted by molar-refractivity contribution is 6.07. The largest absolute Gasteiger partial charge is 0.503 e. The summed E-state index contributed by atoms with van der Waals surface area (Å²) < 4.78 is 0. The number of piperidine rings is 1. The number of aliphatic hydroxyl groups is 1. The molecule has 2 aliphatic carbocycles. The number of hydrogen-bond acceptors (Lipinski definition) is 4. The van der Waals surface area contributed by atoms with Gasteiger partial charge < -0.3 is 15.3 Å². The minimum absolute atomic E-state index is 0.0726. The van der Waals surface area contributed by atoms with Crippen LogP contribution in [0.1, 0.15) is 62.8 Å². The first-order chi connectivity index (χ1) is 17.1. The van der Waals surface area contributed by atoms with E-state index in [1.165, 1.54) is 11.1 Å². The van der Waals surface area contributed by atoms with Crippen molar-refractivity contribution in [2.45, 2.75) is 69.4 Å². The summed E-state index contributed by atoms with van der Waals surface area (Å²) in [7, 11) is 0. The molecule has 0 atom stereocenters. The second-order valence-corrected chi connectivity index (χ2v) is 10.5. The van der Waals surface area contributed by atoms with E-state index in [0.29, 0.717) is 5.92 Å². The summed E-state index contributed by atoms with van der Waals surface area (Å²) in [5.74, 6) is -0.494. The van der Waals surface area contributed by atoms with Gasteiger partial charge in [0.1, 0.15) is 0 Å². The molecule has 35 heavy (non-hydrogen) atoms. The Hall–Kier alpha value is -2.86. The summed E-state index contributed by atoms with van der Waals surface area (Å²) in [6.07, 6.45) is 14.7. The van der Waals surface area contributed by atoms with Crippen molar-refractivity contribution >= 4 is 11.8 Å². The molecule has 0 aromatic heterocycles. The average molecular weight is 476 g/mol. The third kappa shape index (κ3) is 5.53. The van der Waals surface area contributed by atoms with Gasteiger partial charge in [-0.25, -0.2) is 0 Å². The van der Waals surface area contributed by atoms with E-state index >= 15 is 0 Å². The van der Waals surface area contributed by atoms with Crippen LogP contribution in [0.3, 0.4) is 0 Å². The van der Waals surface area contributed by atoms with Crippen molar-refractivity contribution < 1.29 is 14.7 Å². The molecule has 6 nitrogen and oxygen atoms in total. The Kier molecular flexibility index (Phi) is 7.37. The quantitative estimate of drug-likeness (QED) is 0.646. The number of nitrogens with zero attached hydrogens (tertiary/aromatic N) is 2. The van der Waals surface area contributed by atoms with Crippen molar-refractivity contribution in [3.05, 3.63) is 71.0 Å². The van der Waals surface area contributed by atoms with Gasteiger partial charge in [0.15, 0.2) is 5.76 Å². The van der Waals surface area contributed by atoms with Crippen molar-refractivity contribution in [3.8, 4) is 0 Å². The highest BCUT2D eigenvalue weighted by Gasteiger charge is 2.39. The molecule has 6 heteroatoms. The molecule has 2 amide bonds. The SMILES string of the molecule is O=C(NC1CCC(c2ccccc2)CC1)C1=C(O)C(=O)N(C2CCN(CC3=CCCC=C3)CC2)C1. The highest BCUT2D eigenvalue weighted by Crippen LogP contribution is 2.33. The van der Waals surface area contributed by atoms with Gasteiger partial charge in [-0.05, 0) is 68.4 Å². The van der Waals surface area contributed by atoms with E-state index in [2.05, 4.69) is 52.7 Å². The van der Waals surface area contributed by atoms with Gasteiger partial charge in [-0.3, -0.25) is 14.5 Å². The van der Waals surface area contributed by atoms with Gasteiger partial charge in [0, 0.05) is 31.7 Å². The first kappa shape index (κ1) is 23.9. The lowest BCUT2D eigenvalue weighted by molar-refractivity contribution is -0.130. The molecule has 0 radical (unpaired) electrons. The zero-order valence-electron chi connectivity index (χ0n) is 20.5. The molecule has 1 saturated carbocycles. The normalized spacial score (nSPS) is 26.2. The number of aliphatic hydroxyl groups excluding tert-OH is 1. The van der Waals surface area contributed by atoms with Crippen LogP contribution >= 0.6 is 0 Å². The maximum absolute atomic E-state index is 13.0. The molecule has 2 N–H and O–H groups in total. The number of nitrogens with one attached hydrogen (secondary N) is 1. The Labute approximate surface area is 208 Å². The first-order valence-corrected chi connectivity index (χ1v) is 13.3. The predicted molar refractivity (Wildman–Crippen MR) is 137 cm³/mol. The lowest BCUT2D eigenvalue weighted by Crippen LogP contribution is -2.47. The van der Waals surface area contributed by atoms with E-state index in [1.807, 2.05) is 6.07 Å². The molecule has 186 valence electrons. The molecular weight excluding hydrogens is 438 g/mol. The van der Waals surface area contributed by atoms with E-state index in [-0.39, 0.29) is 41.8 Å². The van der Waals surface area contributed by atoms with Gasteiger partial charge in [-0.2, -0.15) is 0 Å². The average Bonchev–Trinajstić information content (AvgIpc) is 3.20. The minimum Gasteiger partial charge on any atom is -0.503 e. The molecule has 1 saturated heterocycles.